The van der Waals surface area contributed by atoms with E-state index in [2.05, 4.69) is 32.8 Å². The Morgan fingerprint density at radius 2 is 1.80 bits per heavy atom. The number of hydrogen-bond acceptors (Lipinski definition) is 5. The highest BCUT2D eigenvalue weighted by molar-refractivity contribution is 7.17. The molecule has 0 amide bonds. The van der Waals surface area contributed by atoms with Gasteiger partial charge in [0.1, 0.15) is 12.1 Å². The molecule has 124 valence electrons. The minimum Gasteiger partial charge on any atom is -0.387 e. The van der Waals surface area contributed by atoms with E-state index in [0.29, 0.717) is 12.4 Å². The van der Waals surface area contributed by atoms with Crippen LogP contribution in [-0.2, 0) is 0 Å². The van der Waals surface area contributed by atoms with Crippen LogP contribution in [0, 0.1) is 0 Å². The number of aromatic nitrogens is 2. The molecule has 0 saturated heterocycles. The van der Waals surface area contributed by atoms with Crippen LogP contribution in [0.2, 0.25) is 0 Å². The summed E-state index contributed by atoms with van der Waals surface area (Å²) in [6, 6.07) is 19.8. The number of aliphatic hydroxyl groups excluding tert-OH is 1. The van der Waals surface area contributed by atoms with E-state index >= 15 is 0 Å². The Labute approximate surface area is 149 Å². The first kappa shape index (κ1) is 15.7. The molecule has 1 atom stereocenters. The van der Waals surface area contributed by atoms with Gasteiger partial charge in [0.15, 0.2) is 0 Å². The summed E-state index contributed by atoms with van der Waals surface area (Å²) in [5.41, 5.74) is 2.87. The largest absolute Gasteiger partial charge is 0.387 e. The van der Waals surface area contributed by atoms with E-state index < -0.39 is 6.10 Å². The molecule has 0 aliphatic rings. The number of rotatable bonds is 5. The van der Waals surface area contributed by atoms with Crippen molar-refractivity contribution in [3.8, 4) is 11.3 Å². The summed E-state index contributed by atoms with van der Waals surface area (Å²) in [5.74, 6) is 0.704. The number of nitrogens with zero attached hydrogens (tertiary/aromatic N) is 2. The molecule has 2 heterocycles. The van der Waals surface area contributed by atoms with Crippen LogP contribution in [0.25, 0.3) is 21.3 Å². The lowest BCUT2D eigenvalue weighted by Gasteiger charge is -2.12. The molecule has 0 fully saturated rings. The van der Waals surface area contributed by atoms with E-state index in [-0.39, 0.29) is 0 Å². The van der Waals surface area contributed by atoms with Crippen molar-refractivity contribution in [1.29, 1.82) is 0 Å². The van der Waals surface area contributed by atoms with Gasteiger partial charge in [-0.25, -0.2) is 9.97 Å². The Kier molecular flexibility index (Phi) is 4.41. The fourth-order valence-electron chi connectivity index (χ4n) is 2.77. The van der Waals surface area contributed by atoms with Crippen molar-refractivity contribution in [2.24, 2.45) is 0 Å². The summed E-state index contributed by atoms with van der Waals surface area (Å²) in [4.78, 5) is 8.68. The molecule has 4 aromatic rings. The summed E-state index contributed by atoms with van der Waals surface area (Å²) in [7, 11) is 0. The maximum atomic E-state index is 10.3. The minimum atomic E-state index is -0.582. The van der Waals surface area contributed by atoms with Crippen LogP contribution in [-0.4, -0.2) is 21.6 Å². The van der Waals surface area contributed by atoms with Gasteiger partial charge in [0.2, 0.25) is 0 Å². The van der Waals surface area contributed by atoms with Gasteiger partial charge < -0.3 is 10.4 Å². The number of fused-ring (bicyclic) bond motifs is 1. The Morgan fingerprint density at radius 3 is 2.68 bits per heavy atom. The van der Waals surface area contributed by atoms with Gasteiger partial charge in [-0.05, 0) is 11.6 Å². The van der Waals surface area contributed by atoms with E-state index in [1.165, 1.54) is 10.1 Å². The summed E-state index contributed by atoms with van der Waals surface area (Å²) < 4.78 is 1.24. The van der Waals surface area contributed by atoms with Crippen molar-refractivity contribution < 1.29 is 5.11 Å². The number of nitrogens with one attached hydrogen (secondary N) is 1. The normalized spacial score (nSPS) is 12.2. The zero-order valence-electron chi connectivity index (χ0n) is 13.5. The van der Waals surface area contributed by atoms with E-state index in [1.54, 1.807) is 17.7 Å². The smallest absolute Gasteiger partial charge is 0.130 e. The van der Waals surface area contributed by atoms with Crippen molar-refractivity contribution in [2.45, 2.75) is 6.10 Å². The molecule has 4 nitrogen and oxygen atoms in total. The second-order valence-corrected chi connectivity index (χ2v) is 6.65. The zero-order valence-corrected chi connectivity index (χ0v) is 14.3. The van der Waals surface area contributed by atoms with Crippen LogP contribution >= 0.6 is 11.3 Å². The lowest BCUT2D eigenvalue weighted by atomic mass is 10.1. The fourth-order valence-corrected chi connectivity index (χ4v) is 3.73. The maximum Gasteiger partial charge on any atom is 0.130 e. The highest BCUT2D eigenvalue weighted by Crippen LogP contribution is 2.33. The summed E-state index contributed by atoms with van der Waals surface area (Å²) >= 11 is 1.71. The predicted octanol–water partition coefficient (Wildman–Crippen LogP) is 4.50. The van der Waals surface area contributed by atoms with Crippen molar-refractivity contribution in [3.05, 3.63) is 77.9 Å². The lowest BCUT2D eigenvalue weighted by molar-refractivity contribution is 0.191. The third-order valence-corrected chi connectivity index (χ3v) is 5.05. The first-order valence-corrected chi connectivity index (χ1v) is 8.95. The molecule has 5 heteroatoms. The van der Waals surface area contributed by atoms with Gasteiger partial charge >= 0.3 is 0 Å². The fraction of sp³-hybridized carbons (Fsp3) is 0.100. The van der Waals surface area contributed by atoms with Gasteiger partial charge in [0, 0.05) is 33.6 Å². The molecule has 0 saturated carbocycles. The Hall–Kier alpha value is -2.76. The third kappa shape index (κ3) is 3.38. The monoisotopic (exact) mass is 347 g/mol. The van der Waals surface area contributed by atoms with Crippen LogP contribution in [0.1, 0.15) is 11.7 Å². The highest BCUT2D eigenvalue weighted by Gasteiger charge is 2.10. The standard InChI is InChI=1S/C20H17N3OS/c24-18(14-6-2-1-3-7-14)11-21-20-10-17(22-13-23-20)16-12-25-19-9-5-4-8-15(16)19/h1-10,12-13,18,24H,11H2,(H,21,22,23)/t18-/m0/s1. The van der Waals surface area contributed by atoms with Crippen LogP contribution in [0.3, 0.4) is 0 Å². The average Bonchev–Trinajstić information content (AvgIpc) is 3.11. The Balaban J connectivity index is 1.54. The van der Waals surface area contributed by atoms with Crippen molar-refractivity contribution in [2.75, 3.05) is 11.9 Å². The zero-order chi connectivity index (χ0) is 17.1. The van der Waals surface area contributed by atoms with Crippen LogP contribution in [0.15, 0.2) is 72.4 Å². The summed E-state index contributed by atoms with van der Waals surface area (Å²) in [6.45, 7) is 0.394. The molecule has 0 aliphatic carbocycles. The molecule has 4 rings (SSSR count). The van der Waals surface area contributed by atoms with E-state index in [9.17, 15) is 5.11 Å². The molecular formula is C20H17N3OS. The first-order valence-electron chi connectivity index (χ1n) is 8.07. The second kappa shape index (κ2) is 7.01. The Morgan fingerprint density at radius 1 is 1.00 bits per heavy atom. The van der Waals surface area contributed by atoms with Crippen molar-refractivity contribution in [1.82, 2.24) is 9.97 Å². The lowest BCUT2D eigenvalue weighted by Crippen LogP contribution is -2.13. The quantitative estimate of drug-likeness (QED) is 0.558. The third-order valence-electron chi connectivity index (χ3n) is 4.08. The van der Waals surface area contributed by atoms with Gasteiger partial charge in [-0.15, -0.1) is 11.3 Å². The number of benzene rings is 2. The molecule has 0 aliphatic heterocycles. The molecule has 0 spiro atoms. The van der Waals surface area contributed by atoms with Gasteiger partial charge in [0.25, 0.3) is 0 Å². The molecule has 2 aromatic heterocycles. The summed E-state index contributed by atoms with van der Waals surface area (Å²) in [5, 5.41) is 16.8. The molecule has 2 aromatic carbocycles. The van der Waals surface area contributed by atoms with Gasteiger partial charge in [-0.2, -0.15) is 0 Å². The number of aliphatic hydroxyl groups is 1. The minimum absolute atomic E-state index is 0.394. The van der Waals surface area contributed by atoms with E-state index in [1.807, 2.05) is 48.5 Å². The molecule has 0 bridgehead atoms. The van der Waals surface area contributed by atoms with Crippen LogP contribution < -0.4 is 5.32 Å². The molecular weight excluding hydrogens is 330 g/mol. The van der Waals surface area contributed by atoms with E-state index in [4.69, 9.17) is 0 Å². The number of anilines is 1. The SMILES string of the molecule is O[C@@H](CNc1cc(-c2csc3ccccc23)ncn1)c1ccccc1. The molecule has 25 heavy (non-hydrogen) atoms. The van der Waals surface area contributed by atoms with Crippen LogP contribution in [0.4, 0.5) is 5.82 Å². The molecule has 2 N–H and O–H groups in total. The van der Waals surface area contributed by atoms with Crippen molar-refractivity contribution in [3.63, 3.8) is 0 Å². The maximum absolute atomic E-state index is 10.3. The predicted molar refractivity (Wildman–Crippen MR) is 103 cm³/mol. The number of hydrogen-bond donors (Lipinski definition) is 2. The van der Waals surface area contributed by atoms with Crippen molar-refractivity contribution >= 4 is 27.2 Å². The number of thiophene rings is 1. The Bertz CT molecular complexity index is 984. The highest BCUT2D eigenvalue weighted by atomic mass is 32.1. The van der Waals surface area contributed by atoms with Gasteiger partial charge in [-0.3, -0.25) is 0 Å². The van der Waals surface area contributed by atoms with Gasteiger partial charge in [-0.1, -0.05) is 48.5 Å². The van der Waals surface area contributed by atoms with E-state index in [0.717, 1.165) is 16.8 Å². The van der Waals surface area contributed by atoms with Crippen LogP contribution in [0.5, 0.6) is 0 Å². The molecule has 0 unspecified atom stereocenters. The first-order chi connectivity index (χ1) is 12.3. The topological polar surface area (TPSA) is 58.0 Å². The average molecular weight is 347 g/mol. The second-order valence-electron chi connectivity index (χ2n) is 5.74. The van der Waals surface area contributed by atoms with Gasteiger partial charge in [0.05, 0.1) is 11.8 Å². The molecule has 0 radical (unpaired) electrons. The summed E-state index contributed by atoms with van der Waals surface area (Å²) in [6.07, 6.45) is 0.973.